The minimum Gasteiger partial charge on any atom is -0.352 e. The maximum Gasteiger partial charge on any atom is 0.185 e. The smallest absolute Gasteiger partial charge is 0.185 e. The van der Waals surface area contributed by atoms with Crippen LogP contribution in [0.3, 0.4) is 0 Å². The molecule has 0 radical (unpaired) electrons. The van der Waals surface area contributed by atoms with E-state index < -0.39 is 34.3 Å². The normalized spacial score (nSPS) is 9.95. The number of hydrogen-bond donors (Lipinski definition) is 1. The van der Waals surface area contributed by atoms with Crippen LogP contribution in [-0.2, 0) is 0 Å². The topological polar surface area (TPSA) is 59.6 Å². The van der Waals surface area contributed by atoms with Gasteiger partial charge in [0.05, 0.1) is 15.7 Å². The first-order valence-corrected chi connectivity index (χ1v) is 6.39. The molecule has 0 amide bonds. The van der Waals surface area contributed by atoms with E-state index in [0.29, 0.717) is 0 Å². The van der Waals surface area contributed by atoms with Crippen molar-refractivity contribution in [3.05, 3.63) is 56.8 Å². The number of hydrogen-bond acceptors (Lipinski definition) is 3. The van der Waals surface area contributed by atoms with Gasteiger partial charge in [0, 0.05) is 5.69 Å². The van der Waals surface area contributed by atoms with Crippen LogP contribution in [0.25, 0.3) is 0 Å². The third-order valence-corrected chi connectivity index (χ3v) is 3.47. The predicted octanol–water partition coefficient (Wildman–Crippen LogP) is 4.90. The summed E-state index contributed by atoms with van der Waals surface area (Å²) in [6.45, 7) is 0. The van der Waals surface area contributed by atoms with Gasteiger partial charge in [0.2, 0.25) is 0 Å². The number of nitrogens with one attached hydrogen (secondary N) is 1. The first-order valence-electron chi connectivity index (χ1n) is 5.63. The summed E-state index contributed by atoms with van der Waals surface area (Å²) in [4.78, 5) is 0. The molecule has 22 heavy (non-hydrogen) atoms. The van der Waals surface area contributed by atoms with E-state index in [1.54, 1.807) is 0 Å². The molecule has 1 N–H and O–H groups in total. The molecule has 0 saturated heterocycles. The third-order valence-electron chi connectivity index (χ3n) is 2.73. The first kappa shape index (κ1) is 16.0. The Kier molecular flexibility index (Phi) is 4.46. The van der Waals surface area contributed by atoms with Gasteiger partial charge in [-0.1, -0.05) is 23.2 Å². The van der Waals surface area contributed by atoms with Crippen molar-refractivity contribution in [2.24, 2.45) is 0 Å². The lowest BCUT2D eigenvalue weighted by atomic mass is 10.1. The molecule has 0 atom stereocenters. The van der Waals surface area contributed by atoms with Crippen molar-refractivity contribution in [3.8, 4) is 12.1 Å². The van der Waals surface area contributed by atoms with Crippen LogP contribution >= 0.6 is 23.2 Å². The van der Waals surface area contributed by atoms with Crippen LogP contribution in [0, 0.1) is 40.1 Å². The van der Waals surface area contributed by atoms with E-state index in [2.05, 4.69) is 5.32 Å². The second-order valence-corrected chi connectivity index (χ2v) is 4.86. The molecule has 0 heterocycles. The zero-order valence-electron chi connectivity index (χ0n) is 10.5. The van der Waals surface area contributed by atoms with E-state index in [1.807, 2.05) is 0 Å². The average molecular weight is 342 g/mol. The molecule has 110 valence electrons. The Morgan fingerprint density at radius 2 is 1.50 bits per heavy atom. The summed E-state index contributed by atoms with van der Waals surface area (Å²) in [5.41, 5.74) is -2.54. The van der Waals surface area contributed by atoms with Gasteiger partial charge in [-0.05, 0) is 18.2 Å². The summed E-state index contributed by atoms with van der Waals surface area (Å²) in [6.07, 6.45) is 0. The van der Waals surface area contributed by atoms with Gasteiger partial charge in [0.1, 0.15) is 23.3 Å². The fraction of sp³-hybridized carbons (Fsp3) is 0. The minimum absolute atomic E-state index is 0.125. The van der Waals surface area contributed by atoms with E-state index in [0.717, 1.165) is 0 Å². The third kappa shape index (κ3) is 2.67. The maximum atomic E-state index is 14.0. The van der Waals surface area contributed by atoms with Gasteiger partial charge in [0.25, 0.3) is 0 Å². The van der Waals surface area contributed by atoms with Crippen LogP contribution < -0.4 is 5.32 Å². The molecule has 0 aromatic heterocycles. The van der Waals surface area contributed by atoms with Crippen LogP contribution in [0.5, 0.6) is 0 Å². The number of nitrogens with zero attached hydrogens (tertiary/aromatic N) is 2. The van der Waals surface area contributed by atoms with Gasteiger partial charge >= 0.3 is 0 Å². The Morgan fingerprint density at radius 3 is 2.05 bits per heavy atom. The van der Waals surface area contributed by atoms with E-state index in [4.69, 9.17) is 33.7 Å². The SMILES string of the molecule is N#Cc1c(F)c(F)c(Nc2ccc(Cl)c(Cl)c2)c(C#N)c1F. The Labute approximate surface area is 133 Å². The molecule has 0 spiro atoms. The van der Waals surface area contributed by atoms with Crippen LogP contribution in [0.4, 0.5) is 24.5 Å². The molecule has 3 nitrogen and oxygen atoms in total. The van der Waals surface area contributed by atoms with Crippen molar-refractivity contribution < 1.29 is 13.2 Å². The second kappa shape index (κ2) is 6.15. The van der Waals surface area contributed by atoms with Gasteiger partial charge < -0.3 is 5.32 Å². The summed E-state index contributed by atoms with van der Waals surface area (Å²) < 4.78 is 41.5. The van der Waals surface area contributed by atoms with Crippen LogP contribution in [-0.4, -0.2) is 0 Å². The van der Waals surface area contributed by atoms with E-state index in [1.165, 1.54) is 30.3 Å². The molecule has 0 aliphatic carbocycles. The Morgan fingerprint density at radius 1 is 0.864 bits per heavy atom. The van der Waals surface area contributed by atoms with E-state index in [9.17, 15) is 13.2 Å². The zero-order chi connectivity index (χ0) is 16.4. The van der Waals surface area contributed by atoms with Crippen molar-refractivity contribution >= 4 is 34.6 Å². The predicted molar refractivity (Wildman–Crippen MR) is 75.5 cm³/mol. The highest BCUT2D eigenvalue weighted by atomic mass is 35.5. The van der Waals surface area contributed by atoms with Crippen molar-refractivity contribution in [2.45, 2.75) is 0 Å². The number of anilines is 2. The lowest BCUT2D eigenvalue weighted by molar-refractivity contribution is 0.493. The van der Waals surface area contributed by atoms with Crippen LogP contribution in [0.15, 0.2) is 18.2 Å². The second-order valence-electron chi connectivity index (χ2n) is 4.04. The lowest BCUT2D eigenvalue weighted by Gasteiger charge is -2.12. The summed E-state index contributed by atoms with van der Waals surface area (Å²) in [5, 5.41) is 20.3. The molecular weight excluding hydrogens is 338 g/mol. The lowest BCUT2D eigenvalue weighted by Crippen LogP contribution is -2.06. The Balaban J connectivity index is 2.63. The monoisotopic (exact) mass is 341 g/mol. The molecule has 2 aromatic rings. The molecule has 2 rings (SSSR count). The number of nitriles is 2. The molecule has 0 saturated carbocycles. The van der Waals surface area contributed by atoms with Crippen molar-refractivity contribution in [3.63, 3.8) is 0 Å². The highest BCUT2D eigenvalue weighted by molar-refractivity contribution is 6.42. The highest BCUT2D eigenvalue weighted by Gasteiger charge is 2.25. The van der Waals surface area contributed by atoms with Gasteiger partial charge in [-0.2, -0.15) is 10.5 Å². The van der Waals surface area contributed by atoms with E-state index in [-0.39, 0.29) is 15.7 Å². The Bertz CT molecular complexity index is 854. The van der Waals surface area contributed by atoms with Crippen molar-refractivity contribution in [1.29, 1.82) is 10.5 Å². The van der Waals surface area contributed by atoms with E-state index >= 15 is 0 Å². The molecule has 0 aliphatic rings. The molecule has 8 heteroatoms. The van der Waals surface area contributed by atoms with Crippen molar-refractivity contribution in [2.75, 3.05) is 5.32 Å². The molecular formula is C14H4Cl2F3N3. The first-order chi connectivity index (χ1) is 10.4. The molecule has 0 fully saturated rings. The fourth-order valence-corrected chi connectivity index (χ4v) is 2.00. The van der Waals surface area contributed by atoms with Crippen molar-refractivity contribution in [1.82, 2.24) is 0 Å². The van der Waals surface area contributed by atoms with Gasteiger partial charge in [-0.25, -0.2) is 13.2 Å². The Hall–Kier alpha value is -2.41. The minimum atomic E-state index is -1.68. The zero-order valence-corrected chi connectivity index (χ0v) is 12.0. The standard InChI is InChI=1S/C14H4Cl2F3N3/c15-9-2-1-6(3-10(9)16)22-14-8(5-21)11(17)7(4-20)12(18)13(14)19/h1-3,22H. The maximum absolute atomic E-state index is 14.0. The fourth-order valence-electron chi connectivity index (χ4n) is 1.70. The number of halogens is 5. The van der Waals surface area contributed by atoms with Crippen LogP contribution in [0.2, 0.25) is 10.0 Å². The average Bonchev–Trinajstić information content (AvgIpc) is 2.49. The molecule has 2 aromatic carbocycles. The summed E-state index contributed by atoms with van der Waals surface area (Å²) in [7, 11) is 0. The largest absolute Gasteiger partial charge is 0.352 e. The molecule has 0 aliphatic heterocycles. The van der Waals surface area contributed by atoms with Gasteiger partial charge in [-0.15, -0.1) is 0 Å². The molecule has 0 unspecified atom stereocenters. The number of benzene rings is 2. The summed E-state index contributed by atoms with van der Waals surface area (Å²) in [5.74, 6) is -4.66. The number of rotatable bonds is 2. The van der Waals surface area contributed by atoms with Gasteiger partial charge in [0.15, 0.2) is 17.5 Å². The quantitative estimate of drug-likeness (QED) is 0.790. The highest BCUT2D eigenvalue weighted by Crippen LogP contribution is 2.32. The molecule has 0 bridgehead atoms. The summed E-state index contributed by atoms with van der Waals surface area (Å²) >= 11 is 11.5. The van der Waals surface area contributed by atoms with Crippen LogP contribution in [0.1, 0.15) is 11.1 Å². The van der Waals surface area contributed by atoms with Gasteiger partial charge in [-0.3, -0.25) is 0 Å². The summed E-state index contributed by atoms with van der Waals surface area (Å²) in [6, 6.07) is 6.63.